The van der Waals surface area contributed by atoms with Gasteiger partial charge in [-0.25, -0.2) is 0 Å². The summed E-state index contributed by atoms with van der Waals surface area (Å²) in [4.78, 5) is 28.9. The first-order valence-corrected chi connectivity index (χ1v) is 6.58. The highest BCUT2D eigenvalue weighted by molar-refractivity contribution is 5.93. The molecular formula is C17H16N2O2. The van der Waals surface area contributed by atoms with E-state index in [0.717, 1.165) is 11.8 Å². The maximum Gasteiger partial charge on any atom is 0.247 e. The van der Waals surface area contributed by atoms with Crippen molar-refractivity contribution in [3.05, 3.63) is 72.1 Å². The van der Waals surface area contributed by atoms with Gasteiger partial charge >= 0.3 is 0 Å². The van der Waals surface area contributed by atoms with Crippen LogP contribution < -0.4 is 0 Å². The Balaban J connectivity index is 2.11. The Hall–Kier alpha value is -2.75. The molecule has 106 valence electrons. The first-order valence-electron chi connectivity index (χ1n) is 6.58. The van der Waals surface area contributed by atoms with E-state index in [1.165, 1.54) is 11.0 Å². The van der Waals surface area contributed by atoms with E-state index < -0.39 is 6.04 Å². The molecule has 1 atom stereocenters. The molecule has 0 saturated heterocycles. The second-order valence-corrected chi connectivity index (χ2v) is 4.53. The highest BCUT2D eigenvalue weighted by Crippen LogP contribution is 2.15. The number of rotatable bonds is 5. The van der Waals surface area contributed by atoms with Crippen LogP contribution in [-0.4, -0.2) is 29.1 Å². The minimum absolute atomic E-state index is 0.249. The second-order valence-electron chi connectivity index (χ2n) is 4.53. The Morgan fingerprint density at radius 3 is 2.48 bits per heavy atom. The summed E-state index contributed by atoms with van der Waals surface area (Å²) >= 11 is 0. The minimum atomic E-state index is -0.681. The summed E-state index contributed by atoms with van der Waals surface area (Å²) < 4.78 is 0. The van der Waals surface area contributed by atoms with Gasteiger partial charge in [-0.2, -0.15) is 0 Å². The number of aromatic nitrogens is 1. The lowest BCUT2D eigenvalue weighted by atomic mass is 10.1. The van der Waals surface area contributed by atoms with Crippen molar-refractivity contribution in [2.24, 2.45) is 0 Å². The van der Waals surface area contributed by atoms with Gasteiger partial charge in [0.2, 0.25) is 5.91 Å². The van der Waals surface area contributed by atoms with E-state index in [0.29, 0.717) is 5.69 Å². The van der Waals surface area contributed by atoms with Crippen molar-refractivity contribution in [2.45, 2.75) is 6.04 Å². The van der Waals surface area contributed by atoms with Gasteiger partial charge in [0.25, 0.3) is 0 Å². The van der Waals surface area contributed by atoms with Gasteiger partial charge in [-0.1, -0.05) is 36.4 Å². The average molecular weight is 280 g/mol. The number of benzene rings is 1. The van der Waals surface area contributed by atoms with Crippen molar-refractivity contribution in [1.29, 1.82) is 0 Å². The molecule has 2 rings (SSSR count). The van der Waals surface area contributed by atoms with Crippen LogP contribution in [0.2, 0.25) is 0 Å². The molecule has 4 nitrogen and oxygen atoms in total. The zero-order valence-corrected chi connectivity index (χ0v) is 11.7. The summed E-state index contributed by atoms with van der Waals surface area (Å²) in [6, 6.07) is 14.1. The molecule has 0 spiro atoms. The number of hydrogen-bond acceptors (Lipinski definition) is 3. The van der Waals surface area contributed by atoms with Crippen molar-refractivity contribution in [2.75, 3.05) is 7.05 Å². The van der Waals surface area contributed by atoms with Crippen LogP contribution in [0.25, 0.3) is 6.08 Å². The average Bonchev–Trinajstić information content (AvgIpc) is 2.55. The number of carbonyl (C=O) groups excluding carboxylic acids is 2. The van der Waals surface area contributed by atoms with Crippen LogP contribution in [0.3, 0.4) is 0 Å². The monoisotopic (exact) mass is 280 g/mol. The number of nitrogens with zero attached hydrogens (tertiary/aromatic N) is 2. The highest BCUT2D eigenvalue weighted by atomic mass is 16.2. The topological polar surface area (TPSA) is 50.3 Å². The summed E-state index contributed by atoms with van der Waals surface area (Å²) in [5.41, 5.74) is 1.48. The molecule has 4 heteroatoms. The lowest BCUT2D eigenvalue weighted by molar-refractivity contribution is -0.130. The molecule has 1 unspecified atom stereocenters. The summed E-state index contributed by atoms with van der Waals surface area (Å²) in [7, 11) is 1.59. The first kappa shape index (κ1) is 14.7. The summed E-state index contributed by atoms with van der Waals surface area (Å²) in [6.45, 7) is 0. The molecule has 2 aromatic rings. The number of hydrogen-bond donors (Lipinski definition) is 0. The van der Waals surface area contributed by atoms with E-state index >= 15 is 0 Å². The van der Waals surface area contributed by atoms with Crippen LogP contribution >= 0.6 is 0 Å². The molecule has 1 amide bonds. The van der Waals surface area contributed by atoms with Gasteiger partial charge in [-0.15, -0.1) is 0 Å². The van der Waals surface area contributed by atoms with Crippen molar-refractivity contribution >= 4 is 18.3 Å². The zero-order valence-electron chi connectivity index (χ0n) is 11.7. The third-order valence-corrected chi connectivity index (χ3v) is 3.10. The first-order chi connectivity index (χ1) is 10.2. The van der Waals surface area contributed by atoms with E-state index in [9.17, 15) is 9.59 Å². The van der Waals surface area contributed by atoms with Crippen LogP contribution in [0.4, 0.5) is 0 Å². The molecule has 0 N–H and O–H groups in total. The predicted octanol–water partition coefficient (Wildman–Crippen LogP) is 2.49. The number of pyridine rings is 1. The summed E-state index contributed by atoms with van der Waals surface area (Å²) in [6.07, 6.45) is 5.49. The number of amides is 1. The molecule has 0 aliphatic heterocycles. The molecule has 0 saturated carbocycles. The third-order valence-electron chi connectivity index (χ3n) is 3.10. The molecule has 21 heavy (non-hydrogen) atoms. The van der Waals surface area contributed by atoms with Gasteiger partial charge in [0, 0.05) is 19.3 Å². The fraction of sp³-hybridized carbons (Fsp3) is 0.118. The van der Waals surface area contributed by atoms with Gasteiger partial charge in [-0.05, 0) is 23.8 Å². The van der Waals surface area contributed by atoms with Gasteiger partial charge < -0.3 is 9.69 Å². The maximum absolute atomic E-state index is 12.1. The minimum Gasteiger partial charge on any atom is -0.327 e. The Labute approximate surface area is 123 Å². The molecule has 0 fully saturated rings. The van der Waals surface area contributed by atoms with Crippen LogP contribution in [0.1, 0.15) is 17.3 Å². The van der Waals surface area contributed by atoms with Crippen molar-refractivity contribution in [3.63, 3.8) is 0 Å². The van der Waals surface area contributed by atoms with Crippen LogP contribution in [0.5, 0.6) is 0 Å². The maximum atomic E-state index is 12.1. The number of aldehydes is 1. The molecule has 0 aliphatic carbocycles. The van der Waals surface area contributed by atoms with Crippen molar-refractivity contribution in [3.8, 4) is 0 Å². The van der Waals surface area contributed by atoms with Gasteiger partial charge in [0.1, 0.15) is 12.3 Å². The van der Waals surface area contributed by atoms with E-state index in [4.69, 9.17) is 0 Å². The fourth-order valence-electron chi connectivity index (χ4n) is 1.90. The molecular weight excluding hydrogens is 264 g/mol. The summed E-state index contributed by atoms with van der Waals surface area (Å²) in [5, 5.41) is 0. The molecule has 1 aromatic carbocycles. The van der Waals surface area contributed by atoms with E-state index in [-0.39, 0.29) is 5.91 Å². The molecule has 1 heterocycles. The number of carbonyl (C=O) groups is 2. The lowest BCUT2D eigenvalue weighted by Gasteiger charge is -2.21. The second kappa shape index (κ2) is 7.14. The standard InChI is InChI=1S/C17H16N2O2/c1-19(16(13-20)15-9-5-6-12-18-15)17(21)11-10-14-7-3-2-4-8-14/h2-13,16H,1H3. The fourth-order valence-corrected chi connectivity index (χ4v) is 1.90. The van der Waals surface area contributed by atoms with E-state index in [1.54, 1.807) is 37.5 Å². The third kappa shape index (κ3) is 3.86. The van der Waals surface area contributed by atoms with E-state index in [2.05, 4.69) is 4.98 Å². The molecule has 0 radical (unpaired) electrons. The van der Waals surface area contributed by atoms with Crippen LogP contribution in [-0.2, 0) is 9.59 Å². The Bertz CT molecular complexity index is 624. The Morgan fingerprint density at radius 2 is 1.86 bits per heavy atom. The van der Waals surface area contributed by atoms with Gasteiger partial charge in [-0.3, -0.25) is 9.78 Å². The molecule has 0 aliphatic rings. The summed E-state index contributed by atoms with van der Waals surface area (Å²) in [5.74, 6) is -0.249. The SMILES string of the molecule is CN(C(=O)C=Cc1ccccc1)C(C=O)c1ccccn1. The van der Waals surface area contributed by atoms with E-state index in [1.807, 2.05) is 30.3 Å². The normalized spacial score (nSPS) is 12.0. The van der Waals surface area contributed by atoms with Crippen LogP contribution in [0, 0.1) is 0 Å². The van der Waals surface area contributed by atoms with Crippen molar-refractivity contribution < 1.29 is 9.59 Å². The van der Waals surface area contributed by atoms with Crippen molar-refractivity contribution in [1.82, 2.24) is 9.88 Å². The smallest absolute Gasteiger partial charge is 0.247 e. The predicted molar refractivity (Wildman–Crippen MR) is 81.3 cm³/mol. The van der Waals surface area contributed by atoms with Gasteiger partial charge in [0.05, 0.1) is 5.69 Å². The van der Waals surface area contributed by atoms with Crippen LogP contribution in [0.15, 0.2) is 60.8 Å². The highest BCUT2D eigenvalue weighted by Gasteiger charge is 2.20. The Morgan fingerprint density at radius 1 is 1.14 bits per heavy atom. The quantitative estimate of drug-likeness (QED) is 0.624. The Kier molecular flexibility index (Phi) is 4.99. The van der Waals surface area contributed by atoms with Gasteiger partial charge in [0.15, 0.2) is 0 Å². The lowest BCUT2D eigenvalue weighted by Crippen LogP contribution is -2.31. The zero-order chi connectivity index (χ0) is 15.1. The molecule has 1 aromatic heterocycles. The largest absolute Gasteiger partial charge is 0.327 e. The number of likely N-dealkylation sites (N-methyl/N-ethyl adjacent to an activating group) is 1. The molecule has 0 bridgehead atoms.